The van der Waals surface area contributed by atoms with Crippen molar-refractivity contribution in [2.45, 2.75) is 32.1 Å². The van der Waals surface area contributed by atoms with E-state index >= 15 is 0 Å². The molecule has 0 bridgehead atoms. The monoisotopic (exact) mass is 230 g/mol. The maximum absolute atomic E-state index is 11.5. The zero-order chi connectivity index (χ0) is 11.3. The minimum atomic E-state index is -0.216. The number of hydrogen-bond donors (Lipinski definition) is 1. The van der Waals surface area contributed by atoms with Crippen molar-refractivity contribution in [3.63, 3.8) is 0 Å². The van der Waals surface area contributed by atoms with Gasteiger partial charge in [-0.1, -0.05) is 12.1 Å². The Balaban J connectivity index is 2.31. The van der Waals surface area contributed by atoms with E-state index in [0.29, 0.717) is 18.0 Å². The van der Waals surface area contributed by atoms with Crippen molar-refractivity contribution in [2.75, 3.05) is 6.54 Å². The van der Waals surface area contributed by atoms with Crippen LogP contribution in [0.5, 0.6) is 0 Å². The molecule has 84 valence electrons. The molecule has 15 heavy (non-hydrogen) atoms. The summed E-state index contributed by atoms with van der Waals surface area (Å²) in [5, 5.41) is 6.46. The average molecular weight is 231 g/mol. The fraction of sp³-hybridized carbons (Fsp3) is 0.600. The Morgan fingerprint density at radius 3 is 3.00 bits per heavy atom. The predicted octanol–water partition coefficient (Wildman–Crippen LogP) is 2.12. The fourth-order valence-electron chi connectivity index (χ4n) is 1.11. The molecule has 1 aromatic rings. The second-order valence-corrected chi connectivity index (χ2v) is 3.99. The zero-order valence-corrected chi connectivity index (χ0v) is 9.67. The molecule has 1 atom stereocenters. The van der Waals surface area contributed by atoms with Crippen LogP contribution < -0.4 is 5.32 Å². The molecule has 1 amide bonds. The quantitative estimate of drug-likeness (QED) is 0.789. The lowest BCUT2D eigenvalue weighted by Crippen LogP contribution is -2.26. The highest BCUT2D eigenvalue weighted by Gasteiger charge is 2.10. The van der Waals surface area contributed by atoms with Crippen LogP contribution in [0.4, 0.5) is 0 Å². The maximum atomic E-state index is 11.5. The lowest BCUT2D eigenvalue weighted by molar-refractivity contribution is 0.0944. The standard InChI is InChI=1S/C10H15ClN2O2/c1-3-8(11)4-5-12-10(14)9-6-7(2)15-13-9/h6,8H,3-5H2,1-2H3,(H,12,14). The first-order chi connectivity index (χ1) is 7.13. The first-order valence-electron chi connectivity index (χ1n) is 4.99. The molecule has 0 spiro atoms. The number of halogens is 1. The van der Waals surface area contributed by atoms with Crippen molar-refractivity contribution in [3.05, 3.63) is 17.5 Å². The number of nitrogens with zero attached hydrogens (tertiary/aromatic N) is 1. The van der Waals surface area contributed by atoms with Crippen molar-refractivity contribution in [1.82, 2.24) is 10.5 Å². The highest BCUT2D eigenvalue weighted by atomic mass is 35.5. The minimum absolute atomic E-state index is 0.115. The van der Waals surface area contributed by atoms with Crippen molar-refractivity contribution in [3.8, 4) is 0 Å². The minimum Gasteiger partial charge on any atom is -0.361 e. The summed E-state index contributed by atoms with van der Waals surface area (Å²) in [6.45, 7) is 4.32. The summed E-state index contributed by atoms with van der Waals surface area (Å²) in [5.41, 5.74) is 0.315. The molecule has 0 aliphatic rings. The van der Waals surface area contributed by atoms with E-state index in [-0.39, 0.29) is 11.3 Å². The van der Waals surface area contributed by atoms with Gasteiger partial charge < -0.3 is 9.84 Å². The molecule has 0 aromatic carbocycles. The smallest absolute Gasteiger partial charge is 0.273 e. The van der Waals surface area contributed by atoms with Crippen molar-refractivity contribution in [1.29, 1.82) is 0 Å². The van der Waals surface area contributed by atoms with E-state index in [0.717, 1.165) is 12.8 Å². The largest absolute Gasteiger partial charge is 0.361 e. The normalized spacial score (nSPS) is 12.5. The van der Waals surface area contributed by atoms with Crippen LogP contribution >= 0.6 is 11.6 Å². The number of carbonyl (C=O) groups is 1. The van der Waals surface area contributed by atoms with Gasteiger partial charge in [0.2, 0.25) is 0 Å². The van der Waals surface area contributed by atoms with E-state index < -0.39 is 0 Å². The third-order valence-electron chi connectivity index (χ3n) is 2.05. The van der Waals surface area contributed by atoms with Crippen LogP contribution in [0.1, 0.15) is 36.0 Å². The van der Waals surface area contributed by atoms with Crippen LogP contribution in [0.25, 0.3) is 0 Å². The Hall–Kier alpha value is -1.03. The van der Waals surface area contributed by atoms with Gasteiger partial charge in [-0.2, -0.15) is 0 Å². The molecule has 0 fully saturated rings. The Morgan fingerprint density at radius 1 is 1.73 bits per heavy atom. The summed E-state index contributed by atoms with van der Waals surface area (Å²) in [7, 11) is 0. The molecule has 1 heterocycles. The third kappa shape index (κ3) is 3.91. The number of aryl methyl sites for hydroxylation is 1. The van der Waals surface area contributed by atoms with E-state index in [9.17, 15) is 4.79 Å². The average Bonchev–Trinajstić information content (AvgIpc) is 2.64. The van der Waals surface area contributed by atoms with Gasteiger partial charge >= 0.3 is 0 Å². The van der Waals surface area contributed by atoms with Crippen LogP contribution in [0.2, 0.25) is 0 Å². The highest BCUT2D eigenvalue weighted by Crippen LogP contribution is 2.05. The van der Waals surface area contributed by atoms with Gasteiger partial charge in [-0.15, -0.1) is 11.6 Å². The zero-order valence-electron chi connectivity index (χ0n) is 8.92. The lowest BCUT2D eigenvalue weighted by atomic mass is 10.2. The van der Waals surface area contributed by atoms with E-state index in [1.165, 1.54) is 0 Å². The molecule has 0 radical (unpaired) electrons. The van der Waals surface area contributed by atoms with E-state index in [2.05, 4.69) is 10.5 Å². The summed E-state index contributed by atoms with van der Waals surface area (Å²) in [6, 6.07) is 1.60. The van der Waals surface area contributed by atoms with E-state index in [1.54, 1.807) is 13.0 Å². The number of amides is 1. The highest BCUT2D eigenvalue weighted by molar-refractivity contribution is 6.20. The number of alkyl halides is 1. The SMILES string of the molecule is CCC(Cl)CCNC(=O)c1cc(C)on1. The number of rotatable bonds is 5. The van der Waals surface area contributed by atoms with Gasteiger partial charge in [-0.3, -0.25) is 4.79 Å². The Morgan fingerprint density at radius 2 is 2.47 bits per heavy atom. The van der Waals surface area contributed by atoms with Gasteiger partial charge in [0.05, 0.1) is 0 Å². The van der Waals surface area contributed by atoms with Gasteiger partial charge in [-0.05, 0) is 19.8 Å². The molecule has 0 saturated heterocycles. The lowest BCUT2D eigenvalue weighted by Gasteiger charge is -2.06. The molecular formula is C10H15ClN2O2. The first-order valence-corrected chi connectivity index (χ1v) is 5.42. The summed E-state index contributed by atoms with van der Waals surface area (Å²) < 4.78 is 4.80. The summed E-state index contributed by atoms with van der Waals surface area (Å²) in [4.78, 5) is 11.5. The third-order valence-corrected chi connectivity index (χ3v) is 2.57. The van der Waals surface area contributed by atoms with Crippen LogP contribution in [-0.4, -0.2) is 23.0 Å². The number of aromatic nitrogens is 1. The number of carbonyl (C=O) groups excluding carboxylic acids is 1. The number of nitrogens with one attached hydrogen (secondary N) is 1. The molecule has 0 aliphatic carbocycles. The molecule has 0 aliphatic heterocycles. The molecule has 5 heteroatoms. The second kappa shape index (κ2) is 5.75. The maximum Gasteiger partial charge on any atom is 0.273 e. The van der Waals surface area contributed by atoms with Crippen molar-refractivity contribution < 1.29 is 9.32 Å². The molecule has 1 rings (SSSR count). The predicted molar refractivity (Wildman–Crippen MR) is 58.1 cm³/mol. The van der Waals surface area contributed by atoms with Gasteiger partial charge in [0.25, 0.3) is 5.91 Å². The van der Waals surface area contributed by atoms with Gasteiger partial charge in [0, 0.05) is 18.0 Å². The Labute approximate surface area is 94.0 Å². The van der Waals surface area contributed by atoms with Crippen LogP contribution in [0.15, 0.2) is 10.6 Å². The van der Waals surface area contributed by atoms with Gasteiger partial charge in [0.15, 0.2) is 5.69 Å². The summed E-state index contributed by atoms with van der Waals surface area (Å²) >= 11 is 5.91. The summed E-state index contributed by atoms with van der Waals surface area (Å²) in [5.74, 6) is 0.413. The first kappa shape index (κ1) is 12.0. The van der Waals surface area contributed by atoms with E-state index in [4.69, 9.17) is 16.1 Å². The molecular weight excluding hydrogens is 216 g/mol. The molecule has 1 unspecified atom stereocenters. The topological polar surface area (TPSA) is 55.1 Å². The van der Waals surface area contributed by atoms with Crippen LogP contribution in [-0.2, 0) is 0 Å². The van der Waals surface area contributed by atoms with E-state index in [1.807, 2.05) is 6.92 Å². The van der Waals surface area contributed by atoms with Crippen molar-refractivity contribution in [2.24, 2.45) is 0 Å². The fourth-order valence-corrected chi connectivity index (χ4v) is 1.22. The summed E-state index contributed by atoms with van der Waals surface area (Å²) in [6.07, 6.45) is 1.67. The Kier molecular flexibility index (Phi) is 4.62. The number of hydrogen-bond acceptors (Lipinski definition) is 3. The Bertz CT molecular complexity index is 325. The second-order valence-electron chi connectivity index (χ2n) is 3.37. The van der Waals surface area contributed by atoms with Crippen molar-refractivity contribution >= 4 is 17.5 Å². The molecule has 0 saturated carbocycles. The van der Waals surface area contributed by atoms with Crippen LogP contribution in [0.3, 0.4) is 0 Å². The van der Waals surface area contributed by atoms with Gasteiger partial charge in [0.1, 0.15) is 5.76 Å². The van der Waals surface area contributed by atoms with Crippen LogP contribution in [0, 0.1) is 6.92 Å². The molecule has 1 N–H and O–H groups in total. The van der Waals surface area contributed by atoms with Gasteiger partial charge in [-0.25, -0.2) is 0 Å². The molecule has 4 nitrogen and oxygen atoms in total. The molecule has 1 aromatic heterocycles.